The second kappa shape index (κ2) is 8.78. The molecule has 0 spiro atoms. The molecule has 3 heterocycles. The summed E-state index contributed by atoms with van der Waals surface area (Å²) in [6.07, 6.45) is 3.00. The van der Waals surface area contributed by atoms with Gasteiger partial charge in [0.2, 0.25) is 5.95 Å². The van der Waals surface area contributed by atoms with Crippen LogP contribution in [0.4, 0.5) is 17.3 Å². The zero-order valence-corrected chi connectivity index (χ0v) is 19.3. The molecular formula is C24H23N7O2S. The molecule has 1 saturated heterocycles. The predicted molar refractivity (Wildman–Crippen MR) is 131 cm³/mol. The molecule has 10 heteroatoms. The van der Waals surface area contributed by atoms with Crippen LogP contribution in [-0.4, -0.2) is 48.0 Å². The summed E-state index contributed by atoms with van der Waals surface area (Å²) in [6.45, 7) is 5.03. The summed E-state index contributed by atoms with van der Waals surface area (Å²) in [5.41, 5.74) is 2.25. The van der Waals surface area contributed by atoms with Gasteiger partial charge in [-0.15, -0.1) is 0 Å². The number of aromatic nitrogens is 3. The van der Waals surface area contributed by atoms with E-state index in [9.17, 15) is 13.7 Å². The number of hydrogen-bond acceptors (Lipinski definition) is 8. The van der Waals surface area contributed by atoms with Crippen molar-refractivity contribution in [3.05, 3.63) is 72.6 Å². The Morgan fingerprint density at radius 3 is 2.71 bits per heavy atom. The average molecular weight is 474 g/mol. The van der Waals surface area contributed by atoms with E-state index in [0.717, 1.165) is 35.0 Å². The molecule has 4 aromatic rings. The third-order valence-corrected chi connectivity index (χ3v) is 7.52. The lowest BCUT2D eigenvalue weighted by molar-refractivity contribution is 0.485. The summed E-state index contributed by atoms with van der Waals surface area (Å²) in [5.74, 6) is 0.278. The van der Waals surface area contributed by atoms with Crippen LogP contribution in [0.5, 0.6) is 0 Å². The average Bonchev–Trinajstić information content (AvgIpc) is 3.29. The minimum Gasteiger partial charge on any atom is -0.369 e. The number of fused-ring (bicyclic) bond motifs is 1. The molecule has 2 N–H and O–H groups in total. The fourth-order valence-electron chi connectivity index (χ4n) is 4.09. The molecule has 1 aliphatic rings. The molecule has 9 nitrogen and oxygen atoms in total. The highest BCUT2D eigenvalue weighted by atomic mass is 32.2. The summed E-state index contributed by atoms with van der Waals surface area (Å²) in [5, 5.41) is 16.5. The van der Waals surface area contributed by atoms with Gasteiger partial charge in [-0.05, 0) is 49.4 Å². The van der Waals surface area contributed by atoms with E-state index in [2.05, 4.69) is 32.4 Å². The molecule has 34 heavy (non-hydrogen) atoms. The first kappa shape index (κ1) is 21.9. The third kappa shape index (κ3) is 4.07. The van der Waals surface area contributed by atoms with Crippen molar-refractivity contribution in [2.45, 2.75) is 17.9 Å². The highest BCUT2D eigenvalue weighted by Crippen LogP contribution is 2.25. The monoisotopic (exact) mass is 473 g/mol. The zero-order valence-electron chi connectivity index (χ0n) is 18.5. The van der Waals surface area contributed by atoms with Gasteiger partial charge in [0, 0.05) is 54.8 Å². The summed E-state index contributed by atoms with van der Waals surface area (Å²) in [7, 11) is -4.01. The van der Waals surface area contributed by atoms with Crippen LogP contribution in [0.2, 0.25) is 0 Å². The molecule has 1 atom stereocenters. The number of nitrogens with zero attached hydrogens (tertiary/aromatic N) is 5. The Balaban J connectivity index is 1.43. The van der Waals surface area contributed by atoms with E-state index in [1.807, 2.05) is 30.3 Å². The lowest BCUT2D eigenvalue weighted by Crippen LogP contribution is -2.49. The van der Waals surface area contributed by atoms with E-state index < -0.39 is 10.0 Å². The molecule has 0 radical (unpaired) electrons. The molecule has 0 unspecified atom stereocenters. The Morgan fingerprint density at radius 2 is 1.94 bits per heavy atom. The van der Waals surface area contributed by atoms with Gasteiger partial charge in [-0.3, -0.25) is 0 Å². The predicted octanol–water partition coefficient (Wildman–Crippen LogP) is 3.08. The van der Waals surface area contributed by atoms with Crippen molar-refractivity contribution in [1.29, 1.82) is 5.26 Å². The first-order valence-electron chi connectivity index (χ1n) is 10.9. The molecule has 172 valence electrons. The second-order valence-corrected chi connectivity index (χ2v) is 9.95. The van der Waals surface area contributed by atoms with Gasteiger partial charge in [0.15, 0.2) is 5.65 Å². The molecular weight excluding hydrogens is 450 g/mol. The Hall–Kier alpha value is -3.94. The van der Waals surface area contributed by atoms with Crippen LogP contribution in [0.15, 0.2) is 71.9 Å². The van der Waals surface area contributed by atoms with Gasteiger partial charge < -0.3 is 15.5 Å². The van der Waals surface area contributed by atoms with Crippen LogP contribution in [0.1, 0.15) is 12.5 Å². The van der Waals surface area contributed by atoms with Gasteiger partial charge in [0.25, 0.3) is 10.0 Å². The van der Waals surface area contributed by atoms with Gasteiger partial charge in [-0.25, -0.2) is 17.4 Å². The van der Waals surface area contributed by atoms with Crippen molar-refractivity contribution < 1.29 is 8.42 Å². The summed E-state index contributed by atoms with van der Waals surface area (Å²) in [4.78, 5) is 11.1. The molecule has 0 bridgehead atoms. The van der Waals surface area contributed by atoms with Crippen molar-refractivity contribution in [1.82, 2.24) is 19.3 Å². The van der Waals surface area contributed by atoms with Crippen LogP contribution in [0.25, 0.3) is 11.0 Å². The zero-order chi connectivity index (χ0) is 23.7. The topological polar surface area (TPSA) is 116 Å². The van der Waals surface area contributed by atoms with Gasteiger partial charge >= 0.3 is 0 Å². The summed E-state index contributed by atoms with van der Waals surface area (Å²) in [6, 6.07) is 18.1. The maximum absolute atomic E-state index is 13.3. The fourth-order valence-corrected chi connectivity index (χ4v) is 5.54. The minimum atomic E-state index is -4.01. The largest absolute Gasteiger partial charge is 0.369 e. The summed E-state index contributed by atoms with van der Waals surface area (Å²) < 4.78 is 27.7. The number of benzene rings is 2. The smallest absolute Gasteiger partial charge is 0.270 e. The molecule has 0 amide bonds. The molecule has 5 rings (SSSR count). The number of nitriles is 1. The number of hydrogen-bond donors (Lipinski definition) is 2. The van der Waals surface area contributed by atoms with Crippen LogP contribution in [0.3, 0.4) is 0 Å². The number of piperazine rings is 1. The number of anilines is 3. The lowest BCUT2D eigenvalue weighted by atomic mass is 10.2. The van der Waals surface area contributed by atoms with Crippen LogP contribution < -0.4 is 15.5 Å². The Labute approximate surface area is 197 Å². The maximum atomic E-state index is 13.3. The third-order valence-electron chi connectivity index (χ3n) is 5.80. The molecule has 1 aliphatic heterocycles. The van der Waals surface area contributed by atoms with E-state index >= 15 is 0 Å². The highest BCUT2D eigenvalue weighted by Gasteiger charge is 2.23. The van der Waals surface area contributed by atoms with E-state index in [-0.39, 0.29) is 22.1 Å². The van der Waals surface area contributed by atoms with Crippen LogP contribution in [0, 0.1) is 11.3 Å². The number of nitrogens with one attached hydrogen (secondary N) is 2. The molecule has 0 saturated carbocycles. The molecule has 0 aliphatic carbocycles. The first-order valence-corrected chi connectivity index (χ1v) is 12.3. The standard InChI is InChI=1S/C24H23N7O2S/c1-17-16-30(13-11-26-17)21-8-6-20(7-9-21)28-24-27-15-19-10-12-31(23(19)29-24)34(32,33)22-5-3-2-4-18(22)14-25/h2-10,12,15,17,26H,11,13,16H2,1H3,(H,27,28,29)/t17-/m1/s1. The van der Waals surface area contributed by atoms with Crippen molar-refractivity contribution in [3.63, 3.8) is 0 Å². The molecule has 1 fully saturated rings. The van der Waals surface area contributed by atoms with Crippen LogP contribution in [-0.2, 0) is 10.0 Å². The van der Waals surface area contributed by atoms with Gasteiger partial charge in [0.05, 0.1) is 5.56 Å². The van der Waals surface area contributed by atoms with Gasteiger partial charge in [-0.2, -0.15) is 10.2 Å². The van der Waals surface area contributed by atoms with Gasteiger partial charge in [-0.1, -0.05) is 12.1 Å². The van der Waals surface area contributed by atoms with Crippen molar-refractivity contribution >= 4 is 38.4 Å². The normalized spacial score (nSPS) is 16.4. The van der Waals surface area contributed by atoms with E-state index in [1.165, 1.54) is 18.3 Å². The van der Waals surface area contributed by atoms with Crippen LogP contribution >= 0.6 is 0 Å². The second-order valence-electron chi connectivity index (χ2n) is 8.17. The van der Waals surface area contributed by atoms with E-state index in [1.54, 1.807) is 24.4 Å². The first-order chi connectivity index (χ1) is 16.5. The Morgan fingerprint density at radius 1 is 1.15 bits per heavy atom. The van der Waals surface area contributed by atoms with Crippen molar-refractivity contribution in [3.8, 4) is 6.07 Å². The maximum Gasteiger partial charge on any atom is 0.270 e. The SMILES string of the molecule is C[C@@H]1CN(c2ccc(Nc3ncc4ccn(S(=O)(=O)c5ccccc5C#N)c4n3)cc2)CCN1. The van der Waals surface area contributed by atoms with E-state index in [0.29, 0.717) is 11.4 Å². The fraction of sp³-hybridized carbons (Fsp3) is 0.208. The Bertz CT molecular complexity index is 1490. The summed E-state index contributed by atoms with van der Waals surface area (Å²) >= 11 is 0. The Kier molecular flexibility index (Phi) is 5.65. The van der Waals surface area contributed by atoms with Crippen molar-refractivity contribution in [2.24, 2.45) is 0 Å². The quantitative estimate of drug-likeness (QED) is 0.454. The molecule has 2 aromatic carbocycles. The number of rotatable bonds is 5. The van der Waals surface area contributed by atoms with Gasteiger partial charge in [0.1, 0.15) is 11.0 Å². The minimum absolute atomic E-state index is 0.0686. The highest BCUT2D eigenvalue weighted by molar-refractivity contribution is 7.90. The van der Waals surface area contributed by atoms with E-state index in [4.69, 9.17) is 0 Å². The van der Waals surface area contributed by atoms with Crippen molar-refractivity contribution in [2.75, 3.05) is 29.9 Å². The molecule has 2 aromatic heterocycles. The lowest BCUT2D eigenvalue weighted by Gasteiger charge is -2.33.